The minimum absolute atomic E-state index is 0.0101. The number of carbonyl (C=O) groups excluding carboxylic acids is 1. The Kier molecular flexibility index (Phi) is 6.23. The molecule has 0 radical (unpaired) electrons. The monoisotopic (exact) mass is 391 g/mol. The number of rotatable bonds is 2. The van der Waals surface area contributed by atoms with Crippen LogP contribution < -0.4 is 5.73 Å². The summed E-state index contributed by atoms with van der Waals surface area (Å²) in [6, 6.07) is 0. The third-order valence-corrected chi connectivity index (χ3v) is 5.16. The number of nitrogens with zero attached hydrogens (tertiary/aromatic N) is 2. The standard InChI is InChI=1S/C21H30FN3O3/c1-21(2,3)28-20(26)25-9-6-15(7-10-25)17-16(22)13-24-19(23)18(17)14-5-4-11-27-12-8-14/h8,13,15H,4-7,9-12H2,1-3H3,(H2,23,24). The Balaban J connectivity index is 1.80. The number of piperidine rings is 1. The van der Waals surface area contributed by atoms with Crippen molar-refractivity contribution in [3.05, 3.63) is 29.2 Å². The summed E-state index contributed by atoms with van der Waals surface area (Å²) in [5, 5.41) is 0. The van der Waals surface area contributed by atoms with Gasteiger partial charge in [0.2, 0.25) is 0 Å². The van der Waals surface area contributed by atoms with Crippen molar-refractivity contribution in [2.24, 2.45) is 0 Å². The van der Waals surface area contributed by atoms with E-state index in [-0.39, 0.29) is 17.8 Å². The zero-order valence-corrected chi connectivity index (χ0v) is 17.0. The zero-order chi connectivity index (χ0) is 20.3. The number of likely N-dealkylation sites (tertiary alicyclic amines) is 1. The number of carbonyl (C=O) groups is 1. The van der Waals surface area contributed by atoms with E-state index in [0.29, 0.717) is 50.5 Å². The van der Waals surface area contributed by atoms with Gasteiger partial charge < -0.3 is 20.1 Å². The summed E-state index contributed by atoms with van der Waals surface area (Å²) in [6.45, 7) is 7.80. The summed E-state index contributed by atoms with van der Waals surface area (Å²) in [5.41, 5.74) is 8.01. The highest BCUT2D eigenvalue weighted by Crippen LogP contribution is 2.39. The van der Waals surface area contributed by atoms with Crippen LogP contribution in [0.2, 0.25) is 0 Å². The summed E-state index contributed by atoms with van der Waals surface area (Å²) in [7, 11) is 0. The molecule has 1 aromatic rings. The zero-order valence-electron chi connectivity index (χ0n) is 17.0. The fraction of sp³-hybridized carbons (Fsp3) is 0.619. The molecule has 0 saturated carbocycles. The summed E-state index contributed by atoms with van der Waals surface area (Å²) in [4.78, 5) is 18.1. The van der Waals surface area contributed by atoms with Gasteiger partial charge in [0, 0.05) is 30.8 Å². The van der Waals surface area contributed by atoms with Gasteiger partial charge >= 0.3 is 6.09 Å². The molecule has 3 heterocycles. The fourth-order valence-electron chi connectivity index (χ4n) is 3.87. The van der Waals surface area contributed by atoms with Crippen molar-refractivity contribution in [3.63, 3.8) is 0 Å². The number of aromatic nitrogens is 1. The van der Waals surface area contributed by atoms with Gasteiger partial charge in [-0.15, -0.1) is 0 Å². The molecule has 1 saturated heterocycles. The first-order chi connectivity index (χ1) is 13.3. The van der Waals surface area contributed by atoms with Crippen molar-refractivity contribution in [1.82, 2.24) is 9.88 Å². The number of allylic oxidation sites excluding steroid dienone is 1. The maximum atomic E-state index is 14.9. The molecule has 28 heavy (non-hydrogen) atoms. The third-order valence-electron chi connectivity index (χ3n) is 5.16. The molecule has 3 rings (SSSR count). The molecular weight excluding hydrogens is 361 g/mol. The van der Waals surface area contributed by atoms with E-state index >= 15 is 0 Å². The molecule has 2 N–H and O–H groups in total. The van der Waals surface area contributed by atoms with Gasteiger partial charge in [0.25, 0.3) is 0 Å². The Bertz CT molecular complexity index is 750. The SMILES string of the molecule is CC(C)(C)OC(=O)N1CCC(c2c(F)cnc(N)c2C2=CCOCCC2)CC1. The lowest BCUT2D eigenvalue weighted by molar-refractivity contribution is 0.0204. The minimum atomic E-state index is -0.527. The molecule has 2 aliphatic heterocycles. The van der Waals surface area contributed by atoms with Gasteiger partial charge in [0.15, 0.2) is 0 Å². The Morgan fingerprint density at radius 3 is 2.75 bits per heavy atom. The molecule has 1 fully saturated rings. The number of ether oxygens (including phenoxy) is 2. The van der Waals surface area contributed by atoms with Crippen LogP contribution in [0.4, 0.5) is 15.0 Å². The average molecular weight is 391 g/mol. The number of hydrogen-bond donors (Lipinski definition) is 1. The van der Waals surface area contributed by atoms with Crippen LogP contribution in [0.1, 0.15) is 63.5 Å². The van der Waals surface area contributed by atoms with Gasteiger partial charge in [-0.2, -0.15) is 0 Å². The lowest BCUT2D eigenvalue weighted by Crippen LogP contribution is -2.41. The maximum absolute atomic E-state index is 14.9. The number of anilines is 1. The number of pyridine rings is 1. The van der Waals surface area contributed by atoms with Crippen molar-refractivity contribution in [3.8, 4) is 0 Å². The predicted molar refractivity (Wildman–Crippen MR) is 106 cm³/mol. The number of hydrogen-bond acceptors (Lipinski definition) is 5. The first-order valence-corrected chi connectivity index (χ1v) is 9.95. The van der Waals surface area contributed by atoms with Crippen LogP contribution in [-0.4, -0.2) is 47.9 Å². The van der Waals surface area contributed by atoms with Crippen LogP contribution in [0, 0.1) is 5.82 Å². The van der Waals surface area contributed by atoms with E-state index < -0.39 is 5.60 Å². The molecule has 0 spiro atoms. The topological polar surface area (TPSA) is 77.7 Å². The number of nitrogen functional groups attached to an aromatic ring is 1. The van der Waals surface area contributed by atoms with E-state index in [1.807, 2.05) is 26.8 Å². The summed E-state index contributed by atoms with van der Waals surface area (Å²) < 4.78 is 25.8. The molecule has 2 aliphatic rings. The lowest BCUT2D eigenvalue weighted by atomic mass is 9.83. The quantitative estimate of drug-likeness (QED) is 0.821. The Morgan fingerprint density at radius 2 is 2.07 bits per heavy atom. The van der Waals surface area contributed by atoms with E-state index in [4.69, 9.17) is 15.2 Å². The Hall–Kier alpha value is -2.15. The molecular formula is C21H30FN3O3. The van der Waals surface area contributed by atoms with Gasteiger partial charge in [0.1, 0.15) is 17.2 Å². The number of nitrogens with two attached hydrogens (primary N) is 1. The van der Waals surface area contributed by atoms with Crippen molar-refractivity contribution in [2.75, 3.05) is 32.0 Å². The van der Waals surface area contributed by atoms with E-state index in [2.05, 4.69) is 4.98 Å². The lowest BCUT2D eigenvalue weighted by Gasteiger charge is -2.34. The third kappa shape index (κ3) is 4.82. The van der Waals surface area contributed by atoms with Gasteiger partial charge in [0.05, 0.1) is 12.8 Å². The maximum Gasteiger partial charge on any atom is 0.410 e. The summed E-state index contributed by atoms with van der Waals surface area (Å²) in [5.74, 6) is 0.0224. The van der Waals surface area contributed by atoms with Crippen molar-refractivity contribution < 1.29 is 18.7 Å². The minimum Gasteiger partial charge on any atom is -0.444 e. The highest BCUT2D eigenvalue weighted by Gasteiger charge is 2.31. The normalized spacial score (nSPS) is 19.1. The average Bonchev–Trinajstić information content (AvgIpc) is 2.91. The smallest absolute Gasteiger partial charge is 0.410 e. The molecule has 7 heteroatoms. The van der Waals surface area contributed by atoms with Gasteiger partial charge in [-0.3, -0.25) is 0 Å². The molecule has 0 bridgehead atoms. The Morgan fingerprint density at radius 1 is 1.36 bits per heavy atom. The van der Waals surface area contributed by atoms with Crippen LogP contribution in [0.25, 0.3) is 5.57 Å². The highest BCUT2D eigenvalue weighted by atomic mass is 19.1. The van der Waals surface area contributed by atoms with E-state index in [0.717, 1.165) is 24.0 Å². The number of halogens is 1. The fourth-order valence-corrected chi connectivity index (χ4v) is 3.87. The van der Waals surface area contributed by atoms with E-state index in [1.165, 1.54) is 6.20 Å². The largest absolute Gasteiger partial charge is 0.444 e. The van der Waals surface area contributed by atoms with Crippen LogP contribution >= 0.6 is 0 Å². The van der Waals surface area contributed by atoms with Crippen molar-refractivity contribution in [1.29, 1.82) is 0 Å². The molecule has 0 aromatic carbocycles. The molecule has 0 aliphatic carbocycles. The highest BCUT2D eigenvalue weighted by molar-refractivity contribution is 5.76. The molecule has 6 nitrogen and oxygen atoms in total. The summed E-state index contributed by atoms with van der Waals surface area (Å²) >= 11 is 0. The van der Waals surface area contributed by atoms with E-state index in [9.17, 15) is 9.18 Å². The van der Waals surface area contributed by atoms with Crippen LogP contribution in [0.3, 0.4) is 0 Å². The summed E-state index contributed by atoms with van der Waals surface area (Å²) in [6.07, 6.45) is 5.87. The molecule has 0 atom stereocenters. The Labute approximate surface area is 165 Å². The van der Waals surface area contributed by atoms with Gasteiger partial charge in [-0.05, 0) is 57.9 Å². The van der Waals surface area contributed by atoms with Gasteiger partial charge in [-0.1, -0.05) is 6.08 Å². The number of amides is 1. The van der Waals surface area contributed by atoms with Gasteiger partial charge in [-0.25, -0.2) is 14.2 Å². The van der Waals surface area contributed by atoms with E-state index in [1.54, 1.807) is 4.90 Å². The van der Waals surface area contributed by atoms with Crippen LogP contribution in [0.15, 0.2) is 12.3 Å². The second kappa shape index (κ2) is 8.47. The second-order valence-electron chi connectivity index (χ2n) is 8.43. The van der Waals surface area contributed by atoms with Crippen molar-refractivity contribution >= 4 is 17.5 Å². The second-order valence-corrected chi connectivity index (χ2v) is 8.43. The van der Waals surface area contributed by atoms with Crippen LogP contribution in [0.5, 0.6) is 0 Å². The molecule has 0 unspecified atom stereocenters. The molecule has 154 valence electrons. The molecule has 1 aromatic heterocycles. The van der Waals surface area contributed by atoms with Crippen LogP contribution in [-0.2, 0) is 9.47 Å². The van der Waals surface area contributed by atoms with Crippen molar-refractivity contribution in [2.45, 2.75) is 58.0 Å². The predicted octanol–water partition coefficient (Wildman–Crippen LogP) is 4.11. The molecule has 1 amide bonds. The first-order valence-electron chi connectivity index (χ1n) is 9.95. The first kappa shape index (κ1) is 20.6.